The number of halogens is 4. The summed E-state index contributed by atoms with van der Waals surface area (Å²) >= 11 is 6.22. The zero-order valence-corrected chi connectivity index (χ0v) is 15.7. The summed E-state index contributed by atoms with van der Waals surface area (Å²) in [6.45, 7) is 3.03. The summed E-state index contributed by atoms with van der Waals surface area (Å²) in [7, 11) is -4.35. The summed E-state index contributed by atoms with van der Waals surface area (Å²) in [6, 6.07) is 11.5. The van der Waals surface area contributed by atoms with Gasteiger partial charge in [0.1, 0.15) is 6.04 Å². The molecule has 0 fully saturated rings. The van der Waals surface area contributed by atoms with Gasteiger partial charge in [-0.3, -0.25) is 0 Å². The van der Waals surface area contributed by atoms with Crippen molar-refractivity contribution in [3.8, 4) is 0 Å². The molecule has 0 radical (unpaired) electrons. The first-order valence-electron chi connectivity index (χ1n) is 7.87. The summed E-state index contributed by atoms with van der Waals surface area (Å²) in [5.74, 6) is -1.22. The van der Waals surface area contributed by atoms with E-state index in [1.54, 1.807) is 42.0 Å². The Balaban J connectivity index is 2.31. The Hall–Kier alpha value is -1.57. The molecule has 0 heterocycles. The highest BCUT2D eigenvalue weighted by molar-refractivity contribution is 7.89. The molecule has 0 saturated heterocycles. The zero-order valence-electron chi connectivity index (χ0n) is 14.2. The number of aryl methyl sites for hydroxylation is 1. The first-order chi connectivity index (χ1) is 12.0. The van der Waals surface area contributed by atoms with Crippen molar-refractivity contribution in [3.05, 3.63) is 65.7 Å². The minimum atomic E-state index is -4.79. The average Bonchev–Trinajstić information content (AvgIpc) is 2.59. The molecule has 0 bridgehead atoms. The third-order valence-electron chi connectivity index (χ3n) is 4.07. The van der Waals surface area contributed by atoms with Crippen molar-refractivity contribution in [2.75, 3.05) is 0 Å². The van der Waals surface area contributed by atoms with Gasteiger partial charge in [-0.15, -0.1) is 11.6 Å². The predicted octanol–water partition coefficient (Wildman–Crippen LogP) is 4.82. The molecule has 8 heteroatoms. The standard InChI is InChI=1S/C18H19ClF3NO2S/c1-12-8-10-15(11-9-12)26(24,25)23-17(18(20,21)22)13(2)16(19)14-6-4-3-5-7-14/h3-11,13,16-17,23H,1-2H3. The number of hydrogen-bond acceptors (Lipinski definition) is 2. The lowest BCUT2D eigenvalue weighted by Crippen LogP contribution is -2.50. The predicted molar refractivity (Wildman–Crippen MR) is 95.5 cm³/mol. The van der Waals surface area contributed by atoms with Crippen molar-refractivity contribution in [2.45, 2.75) is 36.3 Å². The molecule has 26 heavy (non-hydrogen) atoms. The number of benzene rings is 2. The summed E-state index contributed by atoms with van der Waals surface area (Å²) in [5, 5.41) is -1.01. The van der Waals surface area contributed by atoms with Crippen molar-refractivity contribution in [2.24, 2.45) is 5.92 Å². The van der Waals surface area contributed by atoms with Crippen LogP contribution in [0.5, 0.6) is 0 Å². The normalized spacial score (nSPS) is 16.1. The van der Waals surface area contributed by atoms with Crippen LogP contribution in [0.15, 0.2) is 59.5 Å². The topological polar surface area (TPSA) is 46.2 Å². The number of sulfonamides is 1. The second-order valence-electron chi connectivity index (χ2n) is 6.13. The van der Waals surface area contributed by atoms with Gasteiger partial charge in [0.2, 0.25) is 10.0 Å². The van der Waals surface area contributed by atoms with E-state index in [2.05, 4.69) is 0 Å². The Labute approximate surface area is 156 Å². The maximum Gasteiger partial charge on any atom is 0.405 e. The van der Waals surface area contributed by atoms with E-state index in [0.717, 1.165) is 5.56 Å². The van der Waals surface area contributed by atoms with Crippen LogP contribution in [0, 0.1) is 12.8 Å². The van der Waals surface area contributed by atoms with Gasteiger partial charge in [-0.05, 0) is 24.6 Å². The van der Waals surface area contributed by atoms with Crippen molar-refractivity contribution >= 4 is 21.6 Å². The molecule has 0 aliphatic carbocycles. The maximum absolute atomic E-state index is 13.6. The largest absolute Gasteiger partial charge is 0.405 e. The van der Waals surface area contributed by atoms with E-state index in [9.17, 15) is 21.6 Å². The second kappa shape index (κ2) is 7.98. The molecule has 3 unspecified atom stereocenters. The van der Waals surface area contributed by atoms with E-state index in [1.165, 1.54) is 31.2 Å². The molecule has 0 amide bonds. The van der Waals surface area contributed by atoms with Gasteiger partial charge in [0.25, 0.3) is 0 Å². The van der Waals surface area contributed by atoms with Crippen LogP contribution in [-0.4, -0.2) is 20.6 Å². The molecular formula is C18H19ClF3NO2S. The lowest BCUT2D eigenvalue weighted by atomic mass is 9.93. The van der Waals surface area contributed by atoms with Crippen molar-refractivity contribution in [3.63, 3.8) is 0 Å². The van der Waals surface area contributed by atoms with Crippen LogP contribution in [-0.2, 0) is 10.0 Å². The molecule has 1 N–H and O–H groups in total. The second-order valence-corrected chi connectivity index (χ2v) is 8.31. The van der Waals surface area contributed by atoms with Gasteiger partial charge in [-0.1, -0.05) is 55.0 Å². The molecule has 142 valence electrons. The molecule has 0 spiro atoms. The van der Waals surface area contributed by atoms with E-state index in [-0.39, 0.29) is 4.90 Å². The van der Waals surface area contributed by atoms with Gasteiger partial charge in [0.15, 0.2) is 0 Å². The Kier molecular flexibility index (Phi) is 6.37. The van der Waals surface area contributed by atoms with E-state index < -0.39 is 33.5 Å². The summed E-state index contributed by atoms with van der Waals surface area (Å²) in [4.78, 5) is -0.226. The van der Waals surface area contributed by atoms with Crippen LogP contribution < -0.4 is 4.72 Å². The van der Waals surface area contributed by atoms with Crippen LogP contribution in [0.4, 0.5) is 13.2 Å². The molecular weight excluding hydrogens is 387 g/mol. The third kappa shape index (κ3) is 4.99. The molecule has 3 atom stereocenters. The van der Waals surface area contributed by atoms with E-state index >= 15 is 0 Å². The van der Waals surface area contributed by atoms with E-state index in [4.69, 9.17) is 11.6 Å². The summed E-state index contributed by atoms with van der Waals surface area (Å²) in [6.07, 6.45) is -4.79. The van der Waals surface area contributed by atoms with Gasteiger partial charge in [-0.2, -0.15) is 17.9 Å². The Morgan fingerprint density at radius 1 is 1.00 bits per heavy atom. The van der Waals surface area contributed by atoms with Gasteiger partial charge >= 0.3 is 6.18 Å². The van der Waals surface area contributed by atoms with Crippen molar-refractivity contribution in [1.82, 2.24) is 4.72 Å². The van der Waals surface area contributed by atoms with Gasteiger partial charge < -0.3 is 0 Å². The lowest BCUT2D eigenvalue weighted by molar-refractivity contribution is -0.162. The van der Waals surface area contributed by atoms with Gasteiger partial charge in [-0.25, -0.2) is 8.42 Å². The van der Waals surface area contributed by atoms with Gasteiger partial charge in [0, 0.05) is 5.92 Å². The Bertz CT molecular complexity index is 824. The molecule has 0 saturated carbocycles. The fraction of sp³-hybridized carbons (Fsp3) is 0.333. The molecule has 2 aromatic carbocycles. The highest BCUT2D eigenvalue weighted by Crippen LogP contribution is 2.37. The van der Waals surface area contributed by atoms with Crippen LogP contribution in [0.25, 0.3) is 0 Å². The SMILES string of the molecule is Cc1ccc(S(=O)(=O)NC(C(C)C(Cl)c2ccccc2)C(F)(F)F)cc1. The van der Waals surface area contributed by atoms with Crippen LogP contribution >= 0.6 is 11.6 Å². The highest BCUT2D eigenvalue weighted by Gasteiger charge is 2.47. The van der Waals surface area contributed by atoms with E-state index in [1.807, 2.05) is 0 Å². The minimum absolute atomic E-state index is 0.226. The van der Waals surface area contributed by atoms with E-state index in [0.29, 0.717) is 5.56 Å². The Morgan fingerprint density at radius 2 is 1.54 bits per heavy atom. The zero-order chi connectivity index (χ0) is 19.5. The first kappa shape index (κ1) is 20.7. The van der Waals surface area contributed by atoms with Crippen LogP contribution in [0.2, 0.25) is 0 Å². The maximum atomic E-state index is 13.6. The summed E-state index contributed by atoms with van der Waals surface area (Å²) in [5.41, 5.74) is 1.29. The molecule has 0 aliphatic rings. The Morgan fingerprint density at radius 3 is 2.04 bits per heavy atom. The minimum Gasteiger partial charge on any atom is -0.207 e. The number of alkyl halides is 4. The number of hydrogen-bond donors (Lipinski definition) is 1. The fourth-order valence-electron chi connectivity index (χ4n) is 2.53. The molecule has 3 nitrogen and oxygen atoms in total. The summed E-state index contributed by atoms with van der Waals surface area (Å²) < 4.78 is 67.3. The quantitative estimate of drug-likeness (QED) is 0.700. The van der Waals surface area contributed by atoms with Gasteiger partial charge in [0.05, 0.1) is 10.3 Å². The monoisotopic (exact) mass is 405 g/mol. The molecule has 2 aromatic rings. The highest BCUT2D eigenvalue weighted by atomic mass is 35.5. The third-order valence-corrected chi connectivity index (χ3v) is 6.18. The number of nitrogens with one attached hydrogen (secondary N) is 1. The smallest absolute Gasteiger partial charge is 0.207 e. The molecule has 0 aliphatic heterocycles. The van der Waals surface area contributed by atoms with Crippen LogP contribution in [0.3, 0.4) is 0 Å². The first-order valence-corrected chi connectivity index (χ1v) is 9.79. The fourth-order valence-corrected chi connectivity index (χ4v) is 4.14. The van der Waals surface area contributed by atoms with Crippen molar-refractivity contribution < 1.29 is 21.6 Å². The van der Waals surface area contributed by atoms with Crippen molar-refractivity contribution in [1.29, 1.82) is 0 Å². The van der Waals surface area contributed by atoms with Crippen LogP contribution in [0.1, 0.15) is 23.4 Å². The lowest BCUT2D eigenvalue weighted by Gasteiger charge is -2.30. The average molecular weight is 406 g/mol. The molecule has 2 rings (SSSR count). The number of rotatable bonds is 6. The molecule has 0 aromatic heterocycles.